The molecule has 3 rings (SSSR count). The molecular weight excluding hydrogens is 378 g/mol. The Kier molecular flexibility index (Phi) is 6.23. The average Bonchev–Trinajstić information content (AvgIpc) is 3.35. The third-order valence-corrected chi connectivity index (χ3v) is 4.99. The molecule has 3 amide bonds. The number of carbonyl (C=O) groups excluding carboxylic acids is 3. The van der Waals surface area contributed by atoms with Crippen LogP contribution in [-0.2, 0) is 0 Å². The molecular formula is C20H19N3O4S. The van der Waals surface area contributed by atoms with Gasteiger partial charge in [0, 0.05) is 18.7 Å². The van der Waals surface area contributed by atoms with Crippen LogP contribution in [0.4, 0.5) is 5.00 Å². The van der Waals surface area contributed by atoms with Crippen molar-refractivity contribution in [2.75, 3.05) is 18.4 Å². The van der Waals surface area contributed by atoms with Crippen molar-refractivity contribution in [2.24, 2.45) is 0 Å². The highest BCUT2D eigenvalue weighted by Crippen LogP contribution is 2.27. The minimum absolute atomic E-state index is 0.190. The van der Waals surface area contributed by atoms with Gasteiger partial charge in [0.15, 0.2) is 5.76 Å². The molecule has 0 bridgehead atoms. The van der Waals surface area contributed by atoms with E-state index in [1.807, 2.05) is 6.07 Å². The van der Waals surface area contributed by atoms with Gasteiger partial charge in [0.25, 0.3) is 17.7 Å². The molecule has 2 aromatic heterocycles. The van der Waals surface area contributed by atoms with Crippen LogP contribution < -0.4 is 16.0 Å². The molecule has 0 unspecified atom stereocenters. The lowest BCUT2D eigenvalue weighted by atomic mass is 10.2. The number of hydrogen-bond donors (Lipinski definition) is 3. The van der Waals surface area contributed by atoms with Crippen molar-refractivity contribution in [3.05, 3.63) is 76.6 Å². The Bertz CT molecular complexity index is 965. The molecule has 8 heteroatoms. The molecule has 2 heterocycles. The predicted molar refractivity (Wildman–Crippen MR) is 107 cm³/mol. The van der Waals surface area contributed by atoms with Gasteiger partial charge in [-0.1, -0.05) is 18.2 Å². The standard InChI is InChI=1S/C20H19N3O4S/c1-13-12-16(23-19(25)15-8-5-11-27-15)28-17(13)20(26)22-10-9-21-18(24)14-6-3-2-4-7-14/h2-8,11-12H,9-10H2,1H3,(H,21,24)(H,22,26)(H,23,25). The summed E-state index contributed by atoms with van der Waals surface area (Å²) < 4.78 is 5.05. The first-order valence-electron chi connectivity index (χ1n) is 8.61. The summed E-state index contributed by atoms with van der Waals surface area (Å²) in [6, 6.07) is 13.8. The Hall–Kier alpha value is -3.39. The van der Waals surface area contributed by atoms with Gasteiger partial charge in [-0.2, -0.15) is 0 Å². The fourth-order valence-corrected chi connectivity index (χ4v) is 3.46. The van der Waals surface area contributed by atoms with Crippen molar-refractivity contribution in [2.45, 2.75) is 6.92 Å². The van der Waals surface area contributed by atoms with E-state index in [-0.39, 0.29) is 23.5 Å². The maximum Gasteiger partial charge on any atom is 0.291 e. The summed E-state index contributed by atoms with van der Waals surface area (Å²) in [4.78, 5) is 36.8. The van der Waals surface area contributed by atoms with E-state index in [2.05, 4.69) is 16.0 Å². The van der Waals surface area contributed by atoms with Crippen molar-refractivity contribution in [1.82, 2.24) is 10.6 Å². The van der Waals surface area contributed by atoms with E-state index in [1.54, 1.807) is 49.4 Å². The topological polar surface area (TPSA) is 100 Å². The van der Waals surface area contributed by atoms with Gasteiger partial charge in [-0.3, -0.25) is 14.4 Å². The van der Waals surface area contributed by atoms with E-state index < -0.39 is 0 Å². The molecule has 144 valence electrons. The van der Waals surface area contributed by atoms with Crippen LogP contribution in [0.5, 0.6) is 0 Å². The normalized spacial score (nSPS) is 10.3. The first kappa shape index (κ1) is 19.4. The summed E-state index contributed by atoms with van der Waals surface area (Å²) in [6.45, 7) is 2.40. The second kappa shape index (κ2) is 9.01. The second-order valence-electron chi connectivity index (χ2n) is 5.93. The van der Waals surface area contributed by atoms with E-state index in [0.29, 0.717) is 28.5 Å². The number of rotatable bonds is 7. The Morgan fingerprint density at radius 3 is 2.32 bits per heavy atom. The van der Waals surface area contributed by atoms with Crippen LogP contribution in [0.2, 0.25) is 0 Å². The maximum atomic E-state index is 12.4. The van der Waals surface area contributed by atoms with Gasteiger partial charge in [-0.25, -0.2) is 0 Å². The van der Waals surface area contributed by atoms with E-state index in [9.17, 15) is 14.4 Å². The summed E-state index contributed by atoms with van der Waals surface area (Å²) in [5, 5.41) is 8.78. The van der Waals surface area contributed by atoms with Crippen LogP contribution in [-0.4, -0.2) is 30.8 Å². The number of furan rings is 1. The lowest BCUT2D eigenvalue weighted by Gasteiger charge is -2.07. The maximum absolute atomic E-state index is 12.4. The van der Waals surface area contributed by atoms with E-state index in [4.69, 9.17) is 4.42 Å². The van der Waals surface area contributed by atoms with Crippen LogP contribution in [0.15, 0.2) is 59.2 Å². The van der Waals surface area contributed by atoms with Crippen molar-refractivity contribution >= 4 is 34.1 Å². The zero-order valence-corrected chi connectivity index (χ0v) is 16.0. The molecule has 0 aliphatic heterocycles. The molecule has 3 N–H and O–H groups in total. The largest absolute Gasteiger partial charge is 0.459 e. The Morgan fingerprint density at radius 2 is 1.64 bits per heavy atom. The third kappa shape index (κ3) is 4.86. The van der Waals surface area contributed by atoms with Crippen LogP contribution in [0, 0.1) is 6.92 Å². The minimum atomic E-state index is -0.373. The highest BCUT2D eigenvalue weighted by molar-refractivity contribution is 7.18. The predicted octanol–water partition coefficient (Wildman–Crippen LogP) is 3.06. The monoisotopic (exact) mass is 397 g/mol. The van der Waals surface area contributed by atoms with Gasteiger partial charge >= 0.3 is 0 Å². The quantitative estimate of drug-likeness (QED) is 0.534. The SMILES string of the molecule is Cc1cc(NC(=O)c2ccco2)sc1C(=O)NCCNC(=O)c1ccccc1. The summed E-state index contributed by atoms with van der Waals surface area (Å²) in [6.07, 6.45) is 1.42. The number of thiophene rings is 1. The molecule has 0 saturated carbocycles. The molecule has 0 spiro atoms. The number of anilines is 1. The Balaban J connectivity index is 1.48. The first-order valence-corrected chi connectivity index (χ1v) is 9.43. The van der Waals surface area contributed by atoms with Gasteiger partial charge in [0.1, 0.15) is 0 Å². The van der Waals surface area contributed by atoms with Crippen molar-refractivity contribution < 1.29 is 18.8 Å². The highest BCUT2D eigenvalue weighted by Gasteiger charge is 2.16. The van der Waals surface area contributed by atoms with Crippen LogP contribution in [0.3, 0.4) is 0 Å². The van der Waals surface area contributed by atoms with E-state index in [0.717, 1.165) is 5.56 Å². The van der Waals surface area contributed by atoms with Crippen molar-refractivity contribution in [3.63, 3.8) is 0 Å². The molecule has 3 aromatic rings. The van der Waals surface area contributed by atoms with Gasteiger partial charge < -0.3 is 20.4 Å². The zero-order valence-electron chi connectivity index (χ0n) is 15.2. The van der Waals surface area contributed by atoms with Crippen LogP contribution >= 0.6 is 11.3 Å². The summed E-state index contributed by atoms with van der Waals surface area (Å²) in [7, 11) is 0. The fourth-order valence-electron chi connectivity index (χ4n) is 2.47. The lowest BCUT2D eigenvalue weighted by Crippen LogP contribution is -2.34. The first-order chi connectivity index (χ1) is 13.5. The molecule has 0 aliphatic carbocycles. The molecule has 1 aromatic carbocycles. The molecule has 0 atom stereocenters. The van der Waals surface area contributed by atoms with Crippen LogP contribution in [0.25, 0.3) is 0 Å². The third-order valence-electron chi connectivity index (χ3n) is 3.84. The van der Waals surface area contributed by atoms with E-state index >= 15 is 0 Å². The number of nitrogens with one attached hydrogen (secondary N) is 3. The number of benzene rings is 1. The molecule has 7 nitrogen and oxygen atoms in total. The Labute approximate surface area is 165 Å². The zero-order chi connectivity index (χ0) is 19.9. The summed E-state index contributed by atoms with van der Waals surface area (Å²) in [5.41, 5.74) is 1.32. The number of carbonyl (C=O) groups is 3. The molecule has 0 radical (unpaired) electrons. The summed E-state index contributed by atoms with van der Waals surface area (Å²) in [5.74, 6) is -0.618. The van der Waals surface area contributed by atoms with Gasteiger partial charge in [-0.15, -0.1) is 11.3 Å². The van der Waals surface area contributed by atoms with Gasteiger partial charge in [0.05, 0.1) is 16.1 Å². The Morgan fingerprint density at radius 1 is 0.929 bits per heavy atom. The molecule has 0 saturated heterocycles. The van der Waals surface area contributed by atoms with Gasteiger partial charge in [-0.05, 0) is 42.8 Å². The minimum Gasteiger partial charge on any atom is -0.459 e. The highest BCUT2D eigenvalue weighted by atomic mass is 32.1. The molecule has 0 aliphatic rings. The fraction of sp³-hybridized carbons (Fsp3) is 0.150. The summed E-state index contributed by atoms with van der Waals surface area (Å²) >= 11 is 1.18. The second-order valence-corrected chi connectivity index (χ2v) is 6.98. The number of aryl methyl sites for hydroxylation is 1. The van der Waals surface area contributed by atoms with Crippen molar-refractivity contribution in [1.29, 1.82) is 0 Å². The average molecular weight is 397 g/mol. The smallest absolute Gasteiger partial charge is 0.291 e. The number of amides is 3. The van der Waals surface area contributed by atoms with Crippen molar-refractivity contribution in [3.8, 4) is 0 Å². The van der Waals surface area contributed by atoms with Gasteiger partial charge in [0.2, 0.25) is 0 Å². The lowest BCUT2D eigenvalue weighted by molar-refractivity contribution is 0.0929. The molecule has 0 fully saturated rings. The molecule has 28 heavy (non-hydrogen) atoms. The number of hydrogen-bond acceptors (Lipinski definition) is 5. The van der Waals surface area contributed by atoms with E-state index in [1.165, 1.54) is 17.6 Å². The van der Waals surface area contributed by atoms with Crippen LogP contribution in [0.1, 0.15) is 36.1 Å².